The normalized spacial score (nSPS) is 21.6. The fraction of sp³-hybridized carbons (Fsp3) is 0.550. The number of rotatable bonds is 7. The Kier molecular flexibility index (Phi) is 6.13. The second kappa shape index (κ2) is 8.94. The molecule has 2 amide bonds. The number of aromatic nitrogens is 4. The van der Waals surface area contributed by atoms with E-state index in [1.807, 2.05) is 0 Å². The van der Waals surface area contributed by atoms with Crippen molar-refractivity contribution in [2.45, 2.75) is 62.6 Å². The van der Waals surface area contributed by atoms with E-state index in [0.29, 0.717) is 28.3 Å². The van der Waals surface area contributed by atoms with Crippen LogP contribution in [0.25, 0.3) is 5.82 Å². The summed E-state index contributed by atoms with van der Waals surface area (Å²) in [4.78, 5) is 32.8. The molecule has 2 saturated carbocycles. The standard InChI is InChI=1S/C20H26N6O2S/c1-13-2-4-14(5-3-13)23-18(27)11-29-19-10-17(21-12-22-19)26-9-8-16(25-26)20(28)24-15-6-7-15/h8-10,12-15H,2-7,11H2,1H3,(H,23,27)(H,24,28). The number of carbonyl (C=O) groups is 2. The summed E-state index contributed by atoms with van der Waals surface area (Å²) < 4.78 is 1.55. The maximum absolute atomic E-state index is 12.3. The Labute approximate surface area is 174 Å². The summed E-state index contributed by atoms with van der Waals surface area (Å²) in [6.45, 7) is 2.27. The highest BCUT2D eigenvalue weighted by molar-refractivity contribution is 7.99. The van der Waals surface area contributed by atoms with E-state index in [1.165, 1.54) is 30.9 Å². The Hall–Kier alpha value is -2.42. The minimum Gasteiger partial charge on any atom is -0.353 e. The van der Waals surface area contributed by atoms with Gasteiger partial charge in [0.15, 0.2) is 11.5 Å². The average Bonchev–Trinajstić information content (AvgIpc) is 3.39. The van der Waals surface area contributed by atoms with Crippen LogP contribution < -0.4 is 10.6 Å². The molecule has 4 rings (SSSR count). The summed E-state index contributed by atoms with van der Waals surface area (Å²) in [5, 5.41) is 11.0. The zero-order valence-electron chi connectivity index (χ0n) is 16.5. The number of thioether (sulfide) groups is 1. The highest BCUT2D eigenvalue weighted by atomic mass is 32.2. The molecular formula is C20H26N6O2S. The zero-order valence-corrected chi connectivity index (χ0v) is 17.3. The van der Waals surface area contributed by atoms with Crippen LogP contribution in [0.3, 0.4) is 0 Å². The molecule has 2 N–H and O–H groups in total. The van der Waals surface area contributed by atoms with E-state index in [-0.39, 0.29) is 17.9 Å². The van der Waals surface area contributed by atoms with Crippen molar-refractivity contribution in [3.63, 3.8) is 0 Å². The van der Waals surface area contributed by atoms with Crippen LogP contribution in [0.5, 0.6) is 0 Å². The van der Waals surface area contributed by atoms with Crippen molar-refractivity contribution >= 4 is 23.6 Å². The minimum atomic E-state index is -0.163. The fourth-order valence-electron chi connectivity index (χ4n) is 3.41. The Morgan fingerprint density at radius 2 is 1.83 bits per heavy atom. The molecule has 0 radical (unpaired) electrons. The van der Waals surface area contributed by atoms with Crippen LogP contribution >= 0.6 is 11.8 Å². The Morgan fingerprint density at radius 3 is 2.59 bits per heavy atom. The lowest BCUT2D eigenvalue weighted by atomic mass is 9.87. The van der Waals surface area contributed by atoms with E-state index in [9.17, 15) is 9.59 Å². The van der Waals surface area contributed by atoms with E-state index in [0.717, 1.165) is 31.6 Å². The predicted octanol–water partition coefficient (Wildman–Crippen LogP) is 2.34. The van der Waals surface area contributed by atoms with Gasteiger partial charge in [0, 0.05) is 24.3 Å². The monoisotopic (exact) mass is 414 g/mol. The first-order valence-electron chi connectivity index (χ1n) is 10.2. The van der Waals surface area contributed by atoms with Crippen LogP contribution in [-0.4, -0.2) is 49.4 Å². The van der Waals surface area contributed by atoms with Gasteiger partial charge in [0.25, 0.3) is 5.91 Å². The largest absolute Gasteiger partial charge is 0.353 e. The lowest BCUT2D eigenvalue weighted by molar-refractivity contribution is -0.119. The molecule has 0 spiro atoms. The van der Waals surface area contributed by atoms with Gasteiger partial charge in [-0.1, -0.05) is 18.7 Å². The molecule has 2 aromatic rings. The molecule has 0 saturated heterocycles. The molecule has 9 heteroatoms. The van der Waals surface area contributed by atoms with Gasteiger partial charge in [-0.25, -0.2) is 14.6 Å². The van der Waals surface area contributed by atoms with Gasteiger partial charge in [-0.2, -0.15) is 5.10 Å². The number of nitrogens with zero attached hydrogens (tertiary/aromatic N) is 4. The van der Waals surface area contributed by atoms with Gasteiger partial charge < -0.3 is 10.6 Å². The third-order valence-electron chi connectivity index (χ3n) is 5.33. The molecular weight excluding hydrogens is 388 g/mol. The van der Waals surface area contributed by atoms with E-state index >= 15 is 0 Å². The van der Waals surface area contributed by atoms with Crippen LogP contribution in [0.1, 0.15) is 55.9 Å². The number of amides is 2. The highest BCUT2D eigenvalue weighted by Crippen LogP contribution is 2.24. The quantitative estimate of drug-likeness (QED) is 0.533. The molecule has 0 bridgehead atoms. The fourth-order valence-corrected chi connectivity index (χ4v) is 4.08. The van der Waals surface area contributed by atoms with Crippen molar-refractivity contribution in [1.29, 1.82) is 0 Å². The van der Waals surface area contributed by atoms with Crippen LogP contribution in [0.2, 0.25) is 0 Å². The van der Waals surface area contributed by atoms with Gasteiger partial charge in [0.05, 0.1) is 5.75 Å². The SMILES string of the molecule is CC1CCC(NC(=O)CSc2cc(-n3ccc(C(=O)NC4CC4)n3)ncn2)CC1. The molecule has 0 atom stereocenters. The number of carbonyl (C=O) groups excluding carboxylic acids is 2. The number of nitrogens with one attached hydrogen (secondary N) is 2. The van der Waals surface area contributed by atoms with Crippen LogP contribution in [0.4, 0.5) is 0 Å². The van der Waals surface area contributed by atoms with Crippen LogP contribution in [-0.2, 0) is 4.79 Å². The molecule has 0 aliphatic heterocycles. The van der Waals surface area contributed by atoms with Gasteiger partial charge >= 0.3 is 0 Å². The molecule has 2 aliphatic rings. The summed E-state index contributed by atoms with van der Waals surface area (Å²) in [6.07, 6.45) is 9.70. The molecule has 2 aromatic heterocycles. The van der Waals surface area contributed by atoms with Gasteiger partial charge in [-0.3, -0.25) is 9.59 Å². The molecule has 8 nitrogen and oxygen atoms in total. The first-order valence-corrected chi connectivity index (χ1v) is 11.2. The van der Waals surface area contributed by atoms with Crippen LogP contribution in [0.15, 0.2) is 29.7 Å². The van der Waals surface area contributed by atoms with Gasteiger partial charge in [-0.15, -0.1) is 0 Å². The summed E-state index contributed by atoms with van der Waals surface area (Å²) in [5.41, 5.74) is 0.367. The summed E-state index contributed by atoms with van der Waals surface area (Å²) >= 11 is 1.37. The Balaban J connectivity index is 1.31. The second-order valence-corrected chi connectivity index (χ2v) is 8.92. The van der Waals surface area contributed by atoms with Crippen molar-refractivity contribution < 1.29 is 9.59 Å². The Morgan fingerprint density at radius 1 is 1.10 bits per heavy atom. The van der Waals surface area contributed by atoms with Crippen molar-refractivity contribution in [2.75, 3.05) is 5.75 Å². The summed E-state index contributed by atoms with van der Waals surface area (Å²) in [7, 11) is 0. The minimum absolute atomic E-state index is 0.0350. The van der Waals surface area contributed by atoms with Gasteiger partial charge in [-0.05, 0) is 50.5 Å². The predicted molar refractivity (Wildman–Crippen MR) is 110 cm³/mol. The molecule has 2 aliphatic carbocycles. The maximum atomic E-state index is 12.3. The number of hydrogen-bond acceptors (Lipinski definition) is 6. The van der Waals surface area contributed by atoms with Crippen molar-refractivity contribution in [3.05, 3.63) is 30.4 Å². The maximum Gasteiger partial charge on any atom is 0.272 e. The summed E-state index contributed by atoms with van der Waals surface area (Å²) in [5.74, 6) is 1.52. The van der Waals surface area contributed by atoms with Gasteiger partial charge in [0.1, 0.15) is 11.4 Å². The zero-order chi connectivity index (χ0) is 20.2. The molecule has 154 valence electrons. The third-order valence-corrected chi connectivity index (χ3v) is 6.25. The molecule has 0 aromatic carbocycles. The first kappa shape index (κ1) is 19.9. The van der Waals surface area contributed by atoms with E-state index in [4.69, 9.17) is 0 Å². The van der Waals surface area contributed by atoms with E-state index < -0.39 is 0 Å². The Bertz CT molecular complexity index is 873. The van der Waals surface area contributed by atoms with Crippen molar-refractivity contribution in [1.82, 2.24) is 30.4 Å². The van der Waals surface area contributed by atoms with Crippen molar-refractivity contribution in [3.8, 4) is 5.82 Å². The number of hydrogen-bond donors (Lipinski definition) is 2. The lowest BCUT2D eigenvalue weighted by Crippen LogP contribution is -2.38. The second-order valence-electron chi connectivity index (χ2n) is 7.92. The smallest absolute Gasteiger partial charge is 0.272 e. The summed E-state index contributed by atoms with van der Waals surface area (Å²) in [6, 6.07) is 4.03. The first-order chi connectivity index (χ1) is 14.1. The molecule has 2 heterocycles. The molecule has 29 heavy (non-hydrogen) atoms. The van der Waals surface area contributed by atoms with Crippen LogP contribution in [0, 0.1) is 5.92 Å². The molecule has 0 unspecified atom stereocenters. The molecule has 2 fully saturated rings. The lowest BCUT2D eigenvalue weighted by Gasteiger charge is -2.26. The van der Waals surface area contributed by atoms with E-state index in [1.54, 1.807) is 23.0 Å². The average molecular weight is 415 g/mol. The third kappa shape index (κ3) is 5.56. The highest BCUT2D eigenvalue weighted by Gasteiger charge is 2.25. The van der Waals surface area contributed by atoms with E-state index in [2.05, 4.69) is 32.6 Å². The van der Waals surface area contributed by atoms with Gasteiger partial charge in [0.2, 0.25) is 5.91 Å². The topological polar surface area (TPSA) is 102 Å². The van der Waals surface area contributed by atoms with Crippen molar-refractivity contribution in [2.24, 2.45) is 5.92 Å².